The van der Waals surface area contributed by atoms with Crippen LogP contribution in [-0.4, -0.2) is 39.9 Å². The Morgan fingerprint density at radius 3 is 2.79 bits per heavy atom. The molecule has 2 aliphatic heterocycles. The third kappa shape index (κ3) is 2.87. The molecule has 2 aliphatic rings. The molecule has 2 unspecified atom stereocenters. The molecule has 1 fully saturated rings. The maximum absolute atomic E-state index is 12.6. The van der Waals surface area contributed by atoms with Gasteiger partial charge >= 0.3 is 0 Å². The van der Waals surface area contributed by atoms with Crippen LogP contribution in [-0.2, 0) is 20.9 Å². The number of halogens is 1. The summed E-state index contributed by atoms with van der Waals surface area (Å²) in [5.41, 5.74) is 1.60. The van der Waals surface area contributed by atoms with Crippen molar-refractivity contribution in [1.82, 2.24) is 10.2 Å². The van der Waals surface area contributed by atoms with E-state index in [1.165, 1.54) is 4.90 Å². The van der Waals surface area contributed by atoms with Gasteiger partial charge in [0, 0.05) is 29.8 Å². The lowest BCUT2D eigenvalue weighted by Gasteiger charge is -2.29. The Hall–Kier alpha value is -2.41. The Labute approximate surface area is 143 Å². The van der Waals surface area contributed by atoms with E-state index in [2.05, 4.69) is 10.6 Å². The zero-order valence-corrected chi connectivity index (χ0v) is 13.7. The third-order valence-corrected chi connectivity index (χ3v) is 4.40. The van der Waals surface area contributed by atoms with Crippen molar-refractivity contribution in [3.05, 3.63) is 29.3 Å². The van der Waals surface area contributed by atoms with Gasteiger partial charge in [-0.3, -0.25) is 24.5 Å². The van der Waals surface area contributed by atoms with Crippen molar-refractivity contribution in [2.45, 2.75) is 37.7 Å². The quantitative estimate of drug-likeness (QED) is 0.629. The first-order valence-corrected chi connectivity index (χ1v) is 8.03. The van der Waals surface area contributed by atoms with Crippen molar-refractivity contribution in [3.63, 3.8) is 0 Å². The number of piperidine rings is 1. The third-order valence-electron chi connectivity index (χ3n) is 4.20. The Morgan fingerprint density at radius 2 is 2.12 bits per heavy atom. The van der Waals surface area contributed by atoms with Crippen molar-refractivity contribution >= 4 is 40.9 Å². The molecule has 4 amide bonds. The lowest BCUT2D eigenvalue weighted by atomic mass is 10.0. The van der Waals surface area contributed by atoms with Crippen LogP contribution in [0.4, 0.5) is 5.69 Å². The van der Waals surface area contributed by atoms with Crippen LogP contribution < -0.4 is 10.6 Å². The van der Waals surface area contributed by atoms with Gasteiger partial charge in [-0.15, -0.1) is 11.6 Å². The van der Waals surface area contributed by atoms with Crippen LogP contribution in [0, 0.1) is 0 Å². The Bertz CT molecular complexity index is 747. The lowest BCUT2D eigenvalue weighted by molar-refractivity contribution is -0.137. The molecule has 8 heteroatoms. The van der Waals surface area contributed by atoms with E-state index in [4.69, 9.17) is 11.6 Å². The molecule has 24 heavy (non-hydrogen) atoms. The molecular formula is C16H16ClN3O4. The molecule has 1 saturated heterocycles. The average molecular weight is 350 g/mol. The van der Waals surface area contributed by atoms with E-state index in [-0.39, 0.29) is 30.7 Å². The number of imide groups is 1. The molecule has 0 radical (unpaired) electrons. The van der Waals surface area contributed by atoms with Gasteiger partial charge in [-0.1, -0.05) is 6.07 Å². The smallest absolute Gasteiger partial charge is 0.255 e. The Balaban J connectivity index is 1.86. The summed E-state index contributed by atoms with van der Waals surface area (Å²) >= 11 is 5.77. The summed E-state index contributed by atoms with van der Waals surface area (Å²) in [5.74, 6) is -1.44. The fraction of sp³-hybridized carbons (Fsp3) is 0.375. The van der Waals surface area contributed by atoms with Crippen molar-refractivity contribution in [2.24, 2.45) is 0 Å². The van der Waals surface area contributed by atoms with Crippen molar-refractivity contribution in [2.75, 3.05) is 5.32 Å². The molecule has 2 N–H and O–H groups in total. The Morgan fingerprint density at radius 1 is 1.38 bits per heavy atom. The maximum atomic E-state index is 12.6. The van der Waals surface area contributed by atoms with E-state index in [9.17, 15) is 19.2 Å². The monoisotopic (exact) mass is 349 g/mol. The second-order valence-electron chi connectivity index (χ2n) is 5.84. The number of amides is 4. The van der Waals surface area contributed by atoms with Crippen LogP contribution >= 0.6 is 11.6 Å². The van der Waals surface area contributed by atoms with E-state index < -0.39 is 17.3 Å². The van der Waals surface area contributed by atoms with E-state index in [0.29, 0.717) is 23.2 Å². The predicted molar refractivity (Wildman–Crippen MR) is 86.4 cm³/mol. The van der Waals surface area contributed by atoms with Crippen LogP contribution in [0.2, 0.25) is 0 Å². The predicted octanol–water partition coefficient (Wildman–Crippen LogP) is 1.01. The number of nitrogens with zero attached hydrogens (tertiary/aromatic N) is 1. The highest BCUT2D eigenvalue weighted by Crippen LogP contribution is 2.32. The van der Waals surface area contributed by atoms with Gasteiger partial charge in [-0.25, -0.2) is 0 Å². The van der Waals surface area contributed by atoms with Gasteiger partial charge in [0.25, 0.3) is 5.91 Å². The number of fused-ring (bicyclic) bond motifs is 1. The number of alkyl halides is 1. The van der Waals surface area contributed by atoms with Crippen molar-refractivity contribution in [3.8, 4) is 0 Å². The summed E-state index contributed by atoms with van der Waals surface area (Å²) in [6.07, 6.45) is 0.495. The lowest BCUT2D eigenvalue weighted by Crippen LogP contribution is -2.52. The molecule has 1 aromatic rings. The van der Waals surface area contributed by atoms with E-state index >= 15 is 0 Å². The zero-order chi connectivity index (χ0) is 17.4. The van der Waals surface area contributed by atoms with E-state index in [1.807, 2.05) is 0 Å². The number of carbonyl (C=O) groups excluding carboxylic acids is 4. The number of nitrogens with one attached hydrogen (secondary N) is 2. The highest BCUT2D eigenvalue weighted by Gasteiger charge is 2.39. The van der Waals surface area contributed by atoms with Gasteiger partial charge in [-0.05, 0) is 25.5 Å². The normalized spacial score (nSPS) is 21.3. The first-order valence-electron chi connectivity index (χ1n) is 7.60. The molecular weight excluding hydrogens is 334 g/mol. The first kappa shape index (κ1) is 16.4. The second-order valence-corrected chi connectivity index (χ2v) is 6.49. The molecule has 2 atom stereocenters. The summed E-state index contributed by atoms with van der Waals surface area (Å²) in [6.45, 7) is 1.76. The molecule has 0 saturated carbocycles. The van der Waals surface area contributed by atoms with Gasteiger partial charge in [0.2, 0.25) is 17.7 Å². The van der Waals surface area contributed by atoms with Crippen LogP contribution in [0.1, 0.15) is 35.7 Å². The molecule has 0 aromatic heterocycles. The number of rotatable bonds is 3. The summed E-state index contributed by atoms with van der Waals surface area (Å²) in [5, 5.41) is 4.25. The highest BCUT2D eigenvalue weighted by molar-refractivity contribution is 6.32. The highest BCUT2D eigenvalue weighted by atomic mass is 35.5. The largest absolute Gasteiger partial charge is 0.324 e. The fourth-order valence-electron chi connectivity index (χ4n) is 2.93. The van der Waals surface area contributed by atoms with Crippen LogP contribution in [0.15, 0.2) is 18.2 Å². The first-order chi connectivity index (χ1) is 11.4. The number of hydrogen-bond acceptors (Lipinski definition) is 4. The Kier molecular flexibility index (Phi) is 4.28. The number of anilines is 1. The van der Waals surface area contributed by atoms with E-state index in [0.717, 1.165) is 0 Å². The summed E-state index contributed by atoms with van der Waals surface area (Å²) in [6, 6.07) is 4.33. The second kappa shape index (κ2) is 6.24. The zero-order valence-electron chi connectivity index (χ0n) is 13.0. The summed E-state index contributed by atoms with van der Waals surface area (Å²) in [7, 11) is 0. The van der Waals surface area contributed by atoms with Gasteiger partial charge in [0.15, 0.2) is 0 Å². The van der Waals surface area contributed by atoms with Crippen LogP contribution in [0.25, 0.3) is 0 Å². The number of hydrogen-bond donors (Lipinski definition) is 2. The van der Waals surface area contributed by atoms with Crippen LogP contribution in [0.3, 0.4) is 0 Å². The van der Waals surface area contributed by atoms with Gasteiger partial charge in [0.05, 0.1) is 0 Å². The summed E-state index contributed by atoms with van der Waals surface area (Å²) in [4.78, 5) is 49.2. The molecule has 2 heterocycles. The fourth-order valence-corrected chi connectivity index (χ4v) is 2.99. The van der Waals surface area contributed by atoms with Crippen molar-refractivity contribution < 1.29 is 19.2 Å². The van der Waals surface area contributed by atoms with Crippen molar-refractivity contribution in [1.29, 1.82) is 0 Å². The average Bonchev–Trinajstić information content (AvgIpc) is 2.85. The van der Waals surface area contributed by atoms with Crippen LogP contribution in [0.5, 0.6) is 0 Å². The molecule has 0 spiro atoms. The molecule has 0 bridgehead atoms. The standard InChI is InChI=1S/C16H16ClN3O4/c1-8(17)14(22)18-11-4-2-3-9-10(11)7-20(16(9)24)12-5-6-13(21)19-15(12)23/h2-4,8,12H,5-7H2,1H3,(H,18,22)(H,19,21,23). The van der Waals surface area contributed by atoms with Gasteiger partial charge in [-0.2, -0.15) is 0 Å². The SMILES string of the molecule is CC(Cl)C(=O)Nc1cccc2c1CN(C1CCC(=O)NC1=O)C2=O. The summed E-state index contributed by atoms with van der Waals surface area (Å²) < 4.78 is 0. The molecule has 3 rings (SSSR count). The minimum atomic E-state index is -0.704. The van der Waals surface area contributed by atoms with Gasteiger partial charge < -0.3 is 10.2 Å². The van der Waals surface area contributed by atoms with Gasteiger partial charge in [0.1, 0.15) is 11.4 Å². The van der Waals surface area contributed by atoms with E-state index in [1.54, 1.807) is 25.1 Å². The molecule has 0 aliphatic carbocycles. The number of benzene rings is 1. The molecule has 7 nitrogen and oxygen atoms in total. The minimum absolute atomic E-state index is 0.198. The molecule has 1 aromatic carbocycles. The molecule has 126 valence electrons. The maximum Gasteiger partial charge on any atom is 0.255 e. The number of carbonyl (C=O) groups is 4. The topological polar surface area (TPSA) is 95.6 Å². The minimum Gasteiger partial charge on any atom is -0.324 e.